The fourth-order valence-corrected chi connectivity index (χ4v) is 3.62. The molecule has 23 heavy (non-hydrogen) atoms. The normalized spacial score (nSPS) is 20.3. The Labute approximate surface area is 137 Å². The number of hydrogen-bond donors (Lipinski definition) is 1. The van der Waals surface area contributed by atoms with Crippen LogP contribution < -0.4 is 4.74 Å². The molecular formula is C18H25NO4. The van der Waals surface area contributed by atoms with Crippen molar-refractivity contribution in [2.75, 3.05) is 13.2 Å². The van der Waals surface area contributed by atoms with Crippen molar-refractivity contribution in [1.29, 1.82) is 0 Å². The van der Waals surface area contributed by atoms with Gasteiger partial charge in [-0.2, -0.15) is 0 Å². The second kappa shape index (κ2) is 6.32. The number of hydrogen-bond acceptors (Lipinski definition) is 4. The number of aromatic carboxylic acids is 1. The maximum absolute atomic E-state index is 11.9. The molecule has 0 radical (unpaired) electrons. The fourth-order valence-electron chi connectivity index (χ4n) is 3.62. The SMILES string of the molecule is CC1(C)CC(=O)CC(C)(C)N1CCOc1cccc(C(=O)O)c1. The van der Waals surface area contributed by atoms with E-state index in [4.69, 9.17) is 9.84 Å². The van der Waals surface area contributed by atoms with Crippen molar-refractivity contribution in [2.45, 2.75) is 51.6 Å². The zero-order chi connectivity index (χ0) is 17.3. The Bertz CT molecular complexity index is 587. The molecule has 1 aromatic rings. The molecule has 0 unspecified atom stereocenters. The number of carbonyl (C=O) groups excluding carboxylic acids is 1. The van der Waals surface area contributed by atoms with Crippen LogP contribution in [0.25, 0.3) is 0 Å². The number of ketones is 1. The first-order chi connectivity index (χ1) is 10.6. The van der Waals surface area contributed by atoms with Crippen LogP contribution in [0.4, 0.5) is 0 Å². The molecular weight excluding hydrogens is 294 g/mol. The number of carboxylic acids is 1. The van der Waals surface area contributed by atoms with Gasteiger partial charge in [-0.15, -0.1) is 0 Å². The molecule has 126 valence electrons. The van der Waals surface area contributed by atoms with Crippen molar-refractivity contribution in [2.24, 2.45) is 0 Å². The van der Waals surface area contributed by atoms with Gasteiger partial charge in [0.05, 0.1) is 5.56 Å². The minimum absolute atomic E-state index is 0.203. The largest absolute Gasteiger partial charge is 0.492 e. The minimum atomic E-state index is -0.966. The van der Waals surface area contributed by atoms with Crippen LogP contribution in [-0.2, 0) is 4.79 Å². The predicted molar refractivity (Wildman–Crippen MR) is 88.0 cm³/mol. The lowest BCUT2D eigenvalue weighted by Gasteiger charge is -2.52. The Kier molecular flexibility index (Phi) is 4.80. The standard InChI is InChI=1S/C18H25NO4/c1-17(2)11-14(20)12-18(3,4)19(17)8-9-23-15-7-5-6-13(10-15)16(21)22/h5-7,10H,8-9,11-12H2,1-4H3,(H,21,22). The smallest absolute Gasteiger partial charge is 0.335 e. The average Bonchev–Trinajstić information content (AvgIpc) is 2.40. The summed E-state index contributed by atoms with van der Waals surface area (Å²) in [5.41, 5.74) is -0.192. The van der Waals surface area contributed by atoms with Crippen molar-refractivity contribution in [3.05, 3.63) is 29.8 Å². The lowest BCUT2D eigenvalue weighted by atomic mass is 9.79. The molecule has 0 aromatic heterocycles. The highest BCUT2D eigenvalue weighted by atomic mass is 16.5. The third kappa shape index (κ3) is 4.10. The van der Waals surface area contributed by atoms with Crippen molar-refractivity contribution in [3.63, 3.8) is 0 Å². The van der Waals surface area contributed by atoms with Crippen LogP contribution in [0.3, 0.4) is 0 Å². The molecule has 0 spiro atoms. The van der Waals surface area contributed by atoms with E-state index < -0.39 is 5.97 Å². The summed E-state index contributed by atoms with van der Waals surface area (Å²) < 4.78 is 5.72. The van der Waals surface area contributed by atoms with Crippen molar-refractivity contribution >= 4 is 11.8 Å². The molecule has 0 bridgehead atoms. The van der Waals surface area contributed by atoms with Gasteiger partial charge in [-0.05, 0) is 45.9 Å². The molecule has 0 aliphatic carbocycles. The van der Waals surface area contributed by atoms with Gasteiger partial charge in [-0.3, -0.25) is 9.69 Å². The molecule has 5 heteroatoms. The zero-order valence-electron chi connectivity index (χ0n) is 14.3. The Morgan fingerprint density at radius 2 is 1.83 bits per heavy atom. The third-order valence-corrected chi connectivity index (χ3v) is 4.39. The minimum Gasteiger partial charge on any atom is -0.492 e. The molecule has 0 atom stereocenters. The van der Waals surface area contributed by atoms with E-state index in [9.17, 15) is 9.59 Å². The number of likely N-dealkylation sites (tertiary alicyclic amines) is 1. The molecule has 0 saturated carbocycles. The van der Waals surface area contributed by atoms with Gasteiger partial charge >= 0.3 is 5.97 Å². The highest BCUT2D eigenvalue weighted by Gasteiger charge is 2.44. The van der Waals surface area contributed by atoms with E-state index >= 15 is 0 Å². The number of nitrogens with zero attached hydrogens (tertiary/aromatic N) is 1. The molecule has 1 heterocycles. The number of carbonyl (C=O) groups is 2. The second-order valence-electron chi connectivity index (χ2n) is 7.35. The van der Waals surface area contributed by atoms with E-state index in [2.05, 4.69) is 32.6 Å². The molecule has 1 fully saturated rings. The van der Waals surface area contributed by atoms with Gasteiger partial charge in [0.2, 0.25) is 0 Å². The number of benzene rings is 1. The highest BCUT2D eigenvalue weighted by Crippen LogP contribution is 2.36. The predicted octanol–water partition coefficient (Wildman–Crippen LogP) is 2.99. The van der Waals surface area contributed by atoms with E-state index in [1.54, 1.807) is 12.1 Å². The van der Waals surface area contributed by atoms with Gasteiger partial charge in [-0.1, -0.05) is 6.07 Å². The summed E-state index contributed by atoms with van der Waals surface area (Å²) in [5.74, 6) is -0.118. The molecule has 5 nitrogen and oxygen atoms in total. The summed E-state index contributed by atoms with van der Waals surface area (Å²) in [6.45, 7) is 9.45. The molecule has 1 aromatic carbocycles. The van der Waals surface area contributed by atoms with Gasteiger partial charge < -0.3 is 9.84 Å². The number of ether oxygens (including phenoxy) is 1. The summed E-state index contributed by atoms with van der Waals surface area (Å²) >= 11 is 0. The second-order valence-corrected chi connectivity index (χ2v) is 7.35. The maximum atomic E-state index is 11.9. The number of Topliss-reactive ketones (excluding diaryl/α,β-unsaturated/α-hetero) is 1. The maximum Gasteiger partial charge on any atom is 0.335 e. The zero-order valence-corrected chi connectivity index (χ0v) is 14.3. The third-order valence-electron chi connectivity index (χ3n) is 4.39. The first-order valence-electron chi connectivity index (χ1n) is 7.87. The van der Waals surface area contributed by atoms with Crippen LogP contribution in [-0.4, -0.2) is 46.0 Å². The van der Waals surface area contributed by atoms with Gasteiger partial charge in [0, 0.05) is 30.5 Å². The van der Waals surface area contributed by atoms with Gasteiger partial charge in [-0.25, -0.2) is 4.79 Å². The van der Waals surface area contributed by atoms with Crippen LogP contribution in [0, 0.1) is 0 Å². The first-order valence-corrected chi connectivity index (χ1v) is 7.87. The van der Waals surface area contributed by atoms with E-state index in [0.717, 1.165) is 0 Å². The van der Waals surface area contributed by atoms with Crippen LogP contribution in [0.2, 0.25) is 0 Å². The molecule has 1 aliphatic rings. The van der Waals surface area contributed by atoms with E-state index in [-0.39, 0.29) is 16.6 Å². The Morgan fingerprint density at radius 1 is 1.22 bits per heavy atom. The molecule has 1 aliphatic heterocycles. The Hall–Kier alpha value is -1.88. The lowest BCUT2D eigenvalue weighted by molar-refractivity contribution is -0.133. The summed E-state index contributed by atoms with van der Waals surface area (Å²) in [7, 11) is 0. The van der Waals surface area contributed by atoms with Crippen molar-refractivity contribution in [1.82, 2.24) is 4.90 Å². The summed E-state index contributed by atoms with van der Waals surface area (Å²) in [6, 6.07) is 6.49. The summed E-state index contributed by atoms with van der Waals surface area (Å²) in [4.78, 5) is 25.2. The Balaban J connectivity index is 2.01. The van der Waals surface area contributed by atoms with Gasteiger partial charge in [0.25, 0.3) is 0 Å². The van der Waals surface area contributed by atoms with Crippen LogP contribution in [0.15, 0.2) is 24.3 Å². The van der Waals surface area contributed by atoms with E-state index in [1.165, 1.54) is 12.1 Å². The number of piperidine rings is 1. The first kappa shape index (κ1) is 17.5. The topological polar surface area (TPSA) is 66.8 Å². The molecule has 2 rings (SSSR count). The van der Waals surface area contributed by atoms with Crippen LogP contribution in [0.5, 0.6) is 5.75 Å². The average molecular weight is 319 g/mol. The van der Waals surface area contributed by atoms with Gasteiger partial charge in [0.1, 0.15) is 18.1 Å². The Morgan fingerprint density at radius 3 is 2.39 bits per heavy atom. The molecule has 1 N–H and O–H groups in total. The number of rotatable bonds is 5. The van der Waals surface area contributed by atoms with Crippen molar-refractivity contribution in [3.8, 4) is 5.75 Å². The highest BCUT2D eigenvalue weighted by molar-refractivity contribution is 5.88. The van der Waals surface area contributed by atoms with Crippen LogP contribution >= 0.6 is 0 Å². The van der Waals surface area contributed by atoms with E-state index in [0.29, 0.717) is 37.5 Å². The monoisotopic (exact) mass is 319 g/mol. The van der Waals surface area contributed by atoms with Crippen LogP contribution in [0.1, 0.15) is 50.9 Å². The summed E-state index contributed by atoms with van der Waals surface area (Å²) in [5, 5.41) is 9.00. The van der Waals surface area contributed by atoms with Gasteiger partial charge in [0.15, 0.2) is 0 Å². The molecule has 1 saturated heterocycles. The molecule has 0 amide bonds. The van der Waals surface area contributed by atoms with Crippen molar-refractivity contribution < 1.29 is 19.4 Å². The fraction of sp³-hybridized carbons (Fsp3) is 0.556. The van der Waals surface area contributed by atoms with E-state index in [1.807, 2.05) is 0 Å². The summed E-state index contributed by atoms with van der Waals surface area (Å²) in [6.07, 6.45) is 1.09. The lowest BCUT2D eigenvalue weighted by Crippen LogP contribution is -2.61. The number of carboxylic acid groups (broad SMARTS) is 1. The quantitative estimate of drug-likeness (QED) is 0.903.